The standard InChI is InChI=1S/C24H25ClF6N4O5S/c1-22(2,3)40-21(37)34-41(4,38)19-9-13(5-6-32-19)33-20(36)14-10-16(25)15(23(26,27)28)11-17(14)35-7-8-39-18(12-35)24(29,30)31/h5-6,9-11,18H,7-8,12H2,1-4H3,(H,32,33,36)/t18-,41+/m0/s1. The van der Waals surface area contributed by atoms with Gasteiger partial charge in [-0.05, 0) is 45.0 Å². The number of rotatable bonds is 4. The molecule has 2 amide bonds. The van der Waals surface area contributed by atoms with Gasteiger partial charge in [-0.2, -0.15) is 26.3 Å². The van der Waals surface area contributed by atoms with Crippen LogP contribution in [0.4, 0.5) is 42.5 Å². The number of carbonyl (C=O) groups excluding carboxylic acids is 2. The molecule has 226 valence electrons. The smallest absolute Gasteiger partial charge is 0.442 e. The molecule has 0 radical (unpaired) electrons. The van der Waals surface area contributed by atoms with E-state index < -0.39 is 80.8 Å². The lowest BCUT2D eigenvalue weighted by molar-refractivity contribution is -0.221. The summed E-state index contributed by atoms with van der Waals surface area (Å²) in [4.78, 5) is 30.2. The summed E-state index contributed by atoms with van der Waals surface area (Å²) in [5, 5.41) is 1.31. The highest BCUT2D eigenvalue weighted by molar-refractivity contribution is 7.93. The molecular formula is C24H25ClF6N4O5S. The van der Waals surface area contributed by atoms with Crippen molar-refractivity contribution < 1.29 is 49.6 Å². The zero-order valence-electron chi connectivity index (χ0n) is 22.0. The van der Waals surface area contributed by atoms with Gasteiger partial charge < -0.3 is 19.7 Å². The predicted octanol–water partition coefficient (Wildman–Crippen LogP) is 6.17. The summed E-state index contributed by atoms with van der Waals surface area (Å²) >= 11 is 5.83. The molecule has 0 saturated carbocycles. The lowest BCUT2D eigenvalue weighted by atomic mass is 10.0. The van der Waals surface area contributed by atoms with Gasteiger partial charge in [0.2, 0.25) is 0 Å². The van der Waals surface area contributed by atoms with Gasteiger partial charge in [0, 0.05) is 24.7 Å². The topological polar surface area (TPSA) is 110 Å². The molecule has 1 saturated heterocycles. The number of morpholine rings is 1. The number of hydrogen-bond acceptors (Lipinski definition) is 7. The highest BCUT2D eigenvalue weighted by Gasteiger charge is 2.44. The molecule has 1 aliphatic rings. The minimum absolute atomic E-state index is 0.0499. The Morgan fingerprint density at radius 1 is 1.17 bits per heavy atom. The van der Waals surface area contributed by atoms with Crippen molar-refractivity contribution in [1.82, 2.24) is 4.98 Å². The maximum atomic E-state index is 13.6. The number of pyridine rings is 1. The Morgan fingerprint density at radius 3 is 2.41 bits per heavy atom. The molecule has 41 heavy (non-hydrogen) atoms. The number of anilines is 2. The van der Waals surface area contributed by atoms with Crippen LogP contribution < -0.4 is 10.2 Å². The summed E-state index contributed by atoms with van der Waals surface area (Å²) in [6.07, 6.45) is -10.9. The number of alkyl halides is 6. The van der Waals surface area contributed by atoms with Crippen molar-refractivity contribution >= 4 is 44.7 Å². The van der Waals surface area contributed by atoms with E-state index >= 15 is 0 Å². The van der Waals surface area contributed by atoms with E-state index in [1.165, 1.54) is 6.07 Å². The summed E-state index contributed by atoms with van der Waals surface area (Å²) in [6.45, 7) is 3.16. The van der Waals surface area contributed by atoms with Gasteiger partial charge in [-0.1, -0.05) is 11.6 Å². The van der Waals surface area contributed by atoms with Crippen molar-refractivity contribution in [2.75, 3.05) is 36.2 Å². The Hall–Kier alpha value is -3.11. The first-order chi connectivity index (χ1) is 18.7. The normalized spacial score (nSPS) is 17.9. The first-order valence-electron chi connectivity index (χ1n) is 11.7. The number of nitrogens with zero attached hydrogens (tertiary/aromatic N) is 3. The second kappa shape index (κ2) is 11.6. The first kappa shape index (κ1) is 32.4. The number of aromatic nitrogens is 1. The molecule has 0 unspecified atom stereocenters. The number of ether oxygens (including phenoxy) is 2. The van der Waals surface area contributed by atoms with Crippen LogP contribution >= 0.6 is 11.6 Å². The van der Waals surface area contributed by atoms with Gasteiger partial charge in [-0.25, -0.2) is 14.0 Å². The van der Waals surface area contributed by atoms with E-state index in [2.05, 4.69) is 14.7 Å². The Bertz CT molecular complexity index is 1450. The van der Waals surface area contributed by atoms with E-state index in [0.717, 1.165) is 23.4 Å². The summed E-state index contributed by atoms with van der Waals surface area (Å²) in [5.41, 5.74) is -3.22. The monoisotopic (exact) mass is 630 g/mol. The summed E-state index contributed by atoms with van der Waals surface area (Å²) < 4.78 is 107. The van der Waals surface area contributed by atoms with Gasteiger partial charge in [0.15, 0.2) is 6.10 Å². The van der Waals surface area contributed by atoms with Crippen LogP contribution in [0.25, 0.3) is 0 Å². The van der Waals surface area contributed by atoms with Gasteiger partial charge in [0.25, 0.3) is 5.91 Å². The van der Waals surface area contributed by atoms with Crippen molar-refractivity contribution in [3.63, 3.8) is 0 Å². The Kier molecular flexibility index (Phi) is 9.20. The molecule has 9 nitrogen and oxygen atoms in total. The molecule has 1 aromatic carbocycles. The number of hydrogen-bond donors (Lipinski definition) is 1. The molecule has 17 heteroatoms. The molecule has 2 heterocycles. The molecular weight excluding hydrogens is 606 g/mol. The van der Waals surface area contributed by atoms with Crippen LogP contribution in [-0.2, 0) is 25.4 Å². The van der Waals surface area contributed by atoms with Gasteiger partial charge in [0.05, 0.1) is 35.0 Å². The summed E-state index contributed by atoms with van der Waals surface area (Å²) in [7, 11) is -3.47. The molecule has 2 atom stereocenters. The van der Waals surface area contributed by atoms with E-state index in [4.69, 9.17) is 21.1 Å². The second-order valence-electron chi connectivity index (χ2n) is 9.91. The quantitative estimate of drug-likeness (QED) is 0.403. The van der Waals surface area contributed by atoms with Crippen molar-refractivity contribution in [2.45, 2.75) is 49.9 Å². The minimum Gasteiger partial charge on any atom is -0.442 e. The molecule has 1 fully saturated rings. The third kappa shape index (κ3) is 8.45. The van der Waals surface area contributed by atoms with E-state index in [0.29, 0.717) is 12.1 Å². The number of benzene rings is 1. The second-order valence-corrected chi connectivity index (χ2v) is 12.5. The first-order valence-corrected chi connectivity index (χ1v) is 14.0. The molecule has 1 N–H and O–H groups in total. The van der Waals surface area contributed by atoms with Crippen LogP contribution in [0.15, 0.2) is 39.9 Å². The number of halogens is 7. The van der Waals surface area contributed by atoms with Gasteiger partial charge in [0.1, 0.15) is 20.4 Å². The fourth-order valence-corrected chi connectivity index (χ4v) is 4.94. The van der Waals surface area contributed by atoms with Gasteiger partial charge >= 0.3 is 18.4 Å². The van der Waals surface area contributed by atoms with Crippen molar-refractivity contribution in [1.29, 1.82) is 0 Å². The molecule has 0 bridgehead atoms. The number of carbonyl (C=O) groups is 2. The highest BCUT2D eigenvalue weighted by atomic mass is 35.5. The van der Waals surface area contributed by atoms with E-state index in [1.807, 2.05) is 0 Å². The fourth-order valence-electron chi connectivity index (χ4n) is 3.65. The summed E-state index contributed by atoms with van der Waals surface area (Å²) in [6, 6.07) is 3.58. The van der Waals surface area contributed by atoms with Crippen LogP contribution in [-0.4, -0.2) is 65.0 Å². The number of nitrogens with one attached hydrogen (secondary N) is 1. The Labute approximate surface area is 236 Å². The number of amides is 2. The minimum atomic E-state index is -4.96. The maximum absolute atomic E-state index is 13.6. The van der Waals surface area contributed by atoms with Crippen molar-refractivity contribution in [3.8, 4) is 0 Å². The van der Waals surface area contributed by atoms with E-state index in [-0.39, 0.29) is 17.3 Å². The lowest BCUT2D eigenvalue weighted by Crippen LogP contribution is -2.49. The Balaban J connectivity index is 1.99. The van der Waals surface area contributed by atoms with E-state index in [1.54, 1.807) is 20.8 Å². The molecule has 2 aromatic rings. The molecule has 0 aliphatic carbocycles. The Morgan fingerprint density at radius 2 is 1.83 bits per heavy atom. The van der Waals surface area contributed by atoms with Crippen LogP contribution in [0.3, 0.4) is 0 Å². The van der Waals surface area contributed by atoms with Crippen LogP contribution in [0.1, 0.15) is 36.7 Å². The zero-order valence-corrected chi connectivity index (χ0v) is 23.6. The largest absolute Gasteiger partial charge is 0.442 e. The van der Waals surface area contributed by atoms with Crippen LogP contribution in [0.5, 0.6) is 0 Å². The fraction of sp³-hybridized carbons (Fsp3) is 0.458. The molecule has 0 spiro atoms. The SMILES string of the molecule is CC(C)(C)OC(=O)N=[S@](C)(=O)c1cc(NC(=O)c2cc(Cl)c(C(F)(F)F)cc2N2CCO[C@H](C(F)(F)F)C2)ccn1. The van der Waals surface area contributed by atoms with Crippen molar-refractivity contribution in [2.24, 2.45) is 4.36 Å². The molecule has 1 aromatic heterocycles. The lowest BCUT2D eigenvalue weighted by Gasteiger charge is -2.36. The average Bonchev–Trinajstić information content (AvgIpc) is 2.81. The average molecular weight is 631 g/mol. The van der Waals surface area contributed by atoms with Crippen molar-refractivity contribution in [3.05, 3.63) is 46.6 Å². The van der Waals surface area contributed by atoms with Crippen LogP contribution in [0.2, 0.25) is 5.02 Å². The summed E-state index contributed by atoms with van der Waals surface area (Å²) in [5.74, 6) is -1.03. The third-order valence-electron chi connectivity index (χ3n) is 5.43. The zero-order chi connectivity index (χ0) is 31.0. The highest BCUT2D eigenvalue weighted by Crippen LogP contribution is 2.40. The predicted molar refractivity (Wildman–Crippen MR) is 138 cm³/mol. The third-order valence-corrected chi connectivity index (χ3v) is 7.24. The maximum Gasteiger partial charge on any atom is 0.442 e. The van der Waals surface area contributed by atoms with E-state index in [9.17, 15) is 40.1 Å². The van der Waals surface area contributed by atoms with Gasteiger partial charge in [-0.3, -0.25) is 4.79 Å². The van der Waals surface area contributed by atoms with Crippen LogP contribution in [0, 0.1) is 0 Å². The molecule has 3 rings (SSSR count). The van der Waals surface area contributed by atoms with Gasteiger partial charge in [-0.15, -0.1) is 4.36 Å². The molecule has 1 aliphatic heterocycles.